The summed E-state index contributed by atoms with van der Waals surface area (Å²) in [7, 11) is 0. The quantitative estimate of drug-likeness (QED) is 0.384. The molecule has 0 spiro atoms. The molecule has 0 fully saturated rings. The van der Waals surface area contributed by atoms with E-state index >= 15 is 0 Å². The summed E-state index contributed by atoms with van der Waals surface area (Å²) in [6.07, 6.45) is 4.36. The molecule has 0 unspecified atom stereocenters. The first-order chi connectivity index (χ1) is 14.9. The van der Waals surface area contributed by atoms with E-state index in [2.05, 4.69) is 20.4 Å². The van der Waals surface area contributed by atoms with Crippen LogP contribution in [-0.4, -0.2) is 21.6 Å². The van der Waals surface area contributed by atoms with Crippen LogP contribution in [0.3, 0.4) is 0 Å². The highest BCUT2D eigenvalue weighted by Gasteiger charge is 2.15. The van der Waals surface area contributed by atoms with Crippen molar-refractivity contribution in [1.82, 2.24) is 9.97 Å². The number of rotatable bonds is 7. The predicted octanol–water partition coefficient (Wildman–Crippen LogP) is 5.59. The fourth-order valence-corrected chi connectivity index (χ4v) is 3.01. The van der Waals surface area contributed by atoms with Gasteiger partial charge in [-0.3, -0.25) is 4.79 Å². The van der Waals surface area contributed by atoms with E-state index in [4.69, 9.17) is 16.4 Å². The van der Waals surface area contributed by atoms with Gasteiger partial charge in [0.2, 0.25) is 0 Å². The molecular formula is C23H22ClFN4O2. The summed E-state index contributed by atoms with van der Waals surface area (Å²) in [5.74, 6) is -0.252. The lowest BCUT2D eigenvalue weighted by molar-refractivity contribution is 0.102. The Labute approximate surface area is 185 Å². The number of hydrogen-bond donors (Lipinski definition) is 1. The Hall–Kier alpha value is -3.32. The number of nitrogens with zero attached hydrogens (tertiary/aromatic N) is 3. The maximum atomic E-state index is 14.1. The minimum atomic E-state index is -0.413. The number of aromatic nitrogens is 2. The minimum absolute atomic E-state index is 0.212. The summed E-state index contributed by atoms with van der Waals surface area (Å²) in [5.41, 5.74) is 2.72. The Morgan fingerprint density at radius 3 is 2.68 bits per heavy atom. The lowest BCUT2D eigenvalue weighted by Gasteiger charge is -2.10. The molecular weight excluding hydrogens is 419 g/mol. The number of benzene rings is 1. The topological polar surface area (TPSA) is 76.5 Å². The Morgan fingerprint density at radius 2 is 2.03 bits per heavy atom. The number of pyridine rings is 2. The van der Waals surface area contributed by atoms with Crippen LogP contribution in [-0.2, 0) is 6.42 Å². The molecule has 0 radical (unpaired) electrons. The van der Waals surface area contributed by atoms with Gasteiger partial charge in [-0.15, -0.1) is 0 Å². The van der Waals surface area contributed by atoms with Gasteiger partial charge in [0.05, 0.1) is 5.71 Å². The third kappa shape index (κ3) is 5.44. The predicted molar refractivity (Wildman–Crippen MR) is 119 cm³/mol. The molecule has 1 N–H and O–H groups in total. The molecule has 8 heteroatoms. The normalized spacial score (nSPS) is 11.3. The average Bonchev–Trinajstić information content (AvgIpc) is 2.78. The van der Waals surface area contributed by atoms with Crippen molar-refractivity contribution in [2.24, 2.45) is 5.16 Å². The molecule has 0 aliphatic rings. The number of halogens is 2. The van der Waals surface area contributed by atoms with E-state index in [0.29, 0.717) is 40.5 Å². The van der Waals surface area contributed by atoms with Crippen LogP contribution in [0.25, 0.3) is 0 Å². The molecule has 1 aromatic carbocycles. The Bertz CT molecular complexity index is 1120. The summed E-state index contributed by atoms with van der Waals surface area (Å²) >= 11 is 6.02. The Kier molecular flexibility index (Phi) is 7.31. The number of oxime groups is 1. The number of aryl methyl sites for hydroxylation is 1. The zero-order valence-corrected chi connectivity index (χ0v) is 18.2. The van der Waals surface area contributed by atoms with Crippen molar-refractivity contribution >= 4 is 29.0 Å². The van der Waals surface area contributed by atoms with Crippen LogP contribution in [0.15, 0.2) is 53.9 Å². The summed E-state index contributed by atoms with van der Waals surface area (Å²) in [5, 5.41) is 7.19. The van der Waals surface area contributed by atoms with E-state index in [1.165, 1.54) is 6.07 Å². The molecule has 0 saturated heterocycles. The van der Waals surface area contributed by atoms with Gasteiger partial charge in [0.1, 0.15) is 16.7 Å². The molecule has 0 atom stereocenters. The number of amides is 1. The summed E-state index contributed by atoms with van der Waals surface area (Å²) < 4.78 is 14.1. The SMILES string of the molecule is CCC(=NOc1ncccc1Cl)c1ccc(NC(=O)c2cc(CC)cc(F)c2C)nc1. The fourth-order valence-electron chi connectivity index (χ4n) is 2.86. The van der Waals surface area contributed by atoms with E-state index in [-0.39, 0.29) is 5.88 Å². The van der Waals surface area contributed by atoms with E-state index in [9.17, 15) is 9.18 Å². The fraction of sp³-hybridized carbons (Fsp3) is 0.217. The zero-order valence-electron chi connectivity index (χ0n) is 17.4. The number of carbonyl (C=O) groups is 1. The third-order valence-electron chi connectivity index (χ3n) is 4.70. The number of anilines is 1. The number of carbonyl (C=O) groups excluding carboxylic acids is 1. The molecule has 31 heavy (non-hydrogen) atoms. The molecule has 6 nitrogen and oxygen atoms in total. The summed E-state index contributed by atoms with van der Waals surface area (Å²) in [6.45, 7) is 5.42. The highest BCUT2D eigenvalue weighted by atomic mass is 35.5. The first kappa shape index (κ1) is 22.4. The van der Waals surface area contributed by atoms with Crippen molar-refractivity contribution in [3.8, 4) is 5.88 Å². The van der Waals surface area contributed by atoms with E-state index in [0.717, 1.165) is 11.1 Å². The molecule has 0 saturated carbocycles. The van der Waals surface area contributed by atoms with Gasteiger partial charge >= 0.3 is 0 Å². The summed E-state index contributed by atoms with van der Waals surface area (Å²) in [4.78, 5) is 26.3. The van der Waals surface area contributed by atoms with Crippen LogP contribution >= 0.6 is 11.6 Å². The molecule has 0 bridgehead atoms. The van der Waals surface area contributed by atoms with E-state index in [1.807, 2.05) is 13.8 Å². The van der Waals surface area contributed by atoms with Crippen LogP contribution in [0.2, 0.25) is 5.02 Å². The second-order valence-corrected chi connectivity index (χ2v) is 7.17. The molecule has 2 aromatic heterocycles. The minimum Gasteiger partial charge on any atom is -0.335 e. The van der Waals surface area contributed by atoms with Crippen molar-refractivity contribution in [1.29, 1.82) is 0 Å². The van der Waals surface area contributed by atoms with Gasteiger partial charge in [-0.2, -0.15) is 0 Å². The van der Waals surface area contributed by atoms with Crippen LogP contribution in [0, 0.1) is 12.7 Å². The van der Waals surface area contributed by atoms with Gasteiger partial charge in [-0.05, 0) is 67.3 Å². The van der Waals surface area contributed by atoms with Crippen molar-refractivity contribution in [3.05, 3.63) is 81.9 Å². The second-order valence-electron chi connectivity index (χ2n) is 6.76. The zero-order chi connectivity index (χ0) is 22.4. The van der Waals surface area contributed by atoms with E-state index < -0.39 is 11.7 Å². The van der Waals surface area contributed by atoms with Gasteiger partial charge in [0.15, 0.2) is 0 Å². The van der Waals surface area contributed by atoms with Crippen LogP contribution in [0.1, 0.15) is 47.3 Å². The van der Waals surface area contributed by atoms with Crippen molar-refractivity contribution in [2.45, 2.75) is 33.6 Å². The van der Waals surface area contributed by atoms with Gasteiger partial charge in [0.25, 0.3) is 11.8 Å². The maximum Gasteiger partial charge on any atom is 0.267 e. The lowest BCUT2D eigenvalue weighted by atomic mass is 10.0. The first-order valence-corrected chi connectivity index (χ1v) is 10.2. The third-order valence-corrected chi connectivity index (χ3v) is 4.98. The van der Waals surface area contributed by atoms with Gasteiger partial charge in [0, 0.05) is 23.5 Å². The second kappa shape index (κ2) is 10.1. The number of hydrogen-bond acceptors (Lipinski definition) is 5. The van der Waals surface area contributed by atoms with Gasteiger partial charge in [-0.25, -0.2) is 14.4 Å². The average molecular weight is 441 g/mol. The van der Waals surface area contributed by atoms with Crippen molar-refractivity contribution in [2.75, 3.05) is 5.32 Å². The largest absolute Gasteiger partial charge is 0.335 e. The molecule has 0 aliphatic heterocycles. The monoisotopic (exact) mass is 440 g/mol. The highest BCUT2D eigenvalue weighted by molar-refractivity contribution is 6.31. The van der Waals surface area contributed by atoms with Crippen LogP contribution in [0.5, 0.6) is 5.88 Å². The molecule has 1 amide bonds. The van der Waals surface area contributed by atoms with Crippen LogP contribution < -0.4 is 10.2 Å². The molecule has 160 valence electrons. The van der Waals surface area contributed by atoms with Crippen molar-refractivity contribution < 1.29 is 14.0 Å². The molecule has 3 aromatic rings. The van der Waals surface area contributed by atoms with Crippen molar-refractivity contribution in [3.63, 3.8) is 0 Å². The Balaban J connectivity index is 1.75. The first-order valence-electron chi connectivity index (χ1n) is 9.84. The van der Waals surface area contributed by atoms with Crippen LogP contribution in [0.4, 0.5) is 10.2 Å². The molecule has 3 rings (SSSR count). The van der Waals surface area contributed by atoms with Gasteiger partial charge in [-0.1, -0.05) is 30.6 Å². The number of nitrogens with one attached hydrogen (secondary N) is 1. The maximum absolute atomic E-state index is 14.1. The highest BCUT2D eigenvalue weighted by Crippen LogP contribution is 2.21. The summed E-state index contributed by atoms with van der Waals surface area (Å²) in [6, 6.07) is 9.93. The lowest BCUT2D eigenvalue weighted by Crippen LogP contribution is -2.16. The van der Waals surface area contributed by atoms with E-state index in [1.54, 1.807) is 49.6 Å². The smallest absolute Gasteiger partial charge is 0.267 e. The Morgan fingerprint density at radius 1 is 1.23 bits per heavy atom. The van der Waals surface area contributed by atoms with Gasteiger partial charge < -0.3 is 10.2 Å². The molecule has 2 heterocycles. The molecule has 0 aliphatic carbocycles. The standard InChI is InChI=1S/C23H22ClFN4O2/c1-4-15-11-17(14(3)19(25)12-15)22(30)28-21-9-8-16(13-27-21)20(5-2)29-31-23-18(24)7-6-10-26-23/h6-13H,4-5H2,1-3H3,(H,27,28,30).